The van der Waals surface area contributed by atoms with Crippen LogP contribution >= 0.6 is 0 Å². The predicted octanol–water partition coefficient (Wildman–Crippen LogP) is 2.85. The first kappa shape index (κ1) is 11.0. The molecule has 1 heterocycles. The van der Waals surface area contributed by atoms with Crippen LogP contribution in [0.1, 0.15) is 16.1 Å². The first-order valence-electron chi connectivity index (χ1n) is 3.56. The molecule has 78 valence electrons. The normalized spacial score (nSPS) is 10.6. The van der Waals surface area contributed by atoms with E-state index in [0.717, 1.165) is 0 Å². The fourth-order valence-electron chi connectivity index (χ4n) is 0.836. The number of hydrogen-bond acceptors (Lipinski definition) is 3. The summed E-state index contributed by atoms with van der Waals surface area (Å²) in [6.07, 6.45) is -3.67. The minimum absolute atomic E-state index is 0.194. The Hall–Kier alpha value is -2.08. The van der Waals surface area contributed by atoms with Gasteiger partial charge in [0.2, 0.25) is 0 Å². The molecule has 1 rings (SSSR count). The minimum atomic E-state index is -4.64. The van der Waals surface area contributed by atoms with E-state index in [9.17, 15) is 18.0 Å². The Kier molecular flexibility index (Phi) is 2.91. The van der Waals surface area contributed by atoms with E-state index in [4.69, 9.17) is 5.53 Å². The van der Waals surface area contributed by atoms with Crippen LogP contribution < -0.4 is 0 Å². The molecule has 0 spiro atoms. The molecule has 0 amide bonds. The number of azide groups is 1. The van der Waals surface area contributed by atoms with Crippen molar-refractivity contribution in [2.45, 2.75) is 6.18 Å². The number of hydrogen-bond donors (Lipinski definition) is 0. The Morgan fingerprint density at radius 1 is 1.53 bits per heavy atom. The van der Waals surface area contributed by atoms with E-state index < -0.39 is 17.6 Å². The Morgan fingerprint density at radius 3 is 2.67 bits per heavy atom. The van der Waals surface area contributed by atoms with Crippen molar-refractivity contribution in [1.29, 1.82) is 0 Å². The summed E-state index contributed by atoms with van der Waals surface area (Å²) in [5.74, 6) is 0. The Balaban J connectivity index is 3.34. The predicted molar refractivity (Wildman–Crippen MR) is 43.4 cm³/mol. The molecular formula is C7H3F3N4O. The lowest BCUT2D eigenvalue weighted by Crippen LogP contribution is -2.07. The van der Waals surface area contributed by atoms with Crippen molar-refractivity contribution < 1.29 is 18.0 Å². The molecule has 8 heteroatoms. The van der Waals surface area contributed by atoms with Gasteiger partial charge in [0.05, 0.1) is 5.69 Å². The van der Waals surface area contributed by atoms with Crippen LogP contribution in [0.5, 0.6) is 0 Å². The molecule has 0 aliphatic carbocycles. The lowest BCUT2D eigenvalue weighted by Gasteiger charge is -2.06. The number of halogens is 3. The smallest absolute Gasteiger partial charge is 0.298 e. The van der Waals surface area contributed by atoms with E-state index in [1.54, 1.807) is 0 Å². The second-order valence-electron chi connectivity index (χ2n) is 2.43. The highest BCUT2D eigenvalue weighted by atomic mass is 19.4. The van der Waals surface area contributed by atoms with Crippen molar-refractivity contribution in [3.63, 3.8) is 0 Å². The summed E-state index contributed by atoms with van der Waals surface area (Å²) in [7, 11) is 0. The summed E-state index contributed by atoms with van der Waals surface area (Å²) in [5, 5.41) is 2.96. The Morgan fingerprint density at radius 2 is 2.20 bits per heavy atom. The van der Waals surface area contributed by atoms with Crippen molar-refractivity contribution >= 4 is 12.0 Å². The van der Waals surface area contributed by atoms with E-state index in [1.807, 2.05) is 0 Å². The summed E-state index contributed by atoms with van der Waals surface area (Å²) < 4.78 is 36.5. The van der Waals surface area contributed by atoms with Gasteiger partial charge in [0.1, 0.15) is 5.69 Å². The zero-order chi connectivity index (χ0) is 11.5. The van der Waals surface area contributed by atoms with Gasteiger partial charge in [0.25, 0.3) is 0 Å². The van der Waals surface area contributed by atoms with Crippen LogP contribution in [0.25, 0.3) is 10.4 Å². The molecule has 1 aromatic heterocycles. The van der Waals surface area contributed by atoms with Crippen molar-refractivity contribution in [3.8, 4) is 0 Å². The van der Waals surface area contributed by atoms with Gasteiger partial charge in [-0.15, -0.1) is 0 Å². The highest BCUT2D eigenvalue weighted by Crippen LogP contribution is 2.30. The maximum atomic E-state index is 12.2. The van der Waals surface area contributed by atoms with E-state index in [2.05, 4.69) is 15.0 Å². The Labute approximate surface area is 81.2 Å². The monoisotopic (exact) mass is 216 g/mol. The summed E-state index contributed by atoms with van der Waals surface area (Å²) in [4.78, 5) is 15.7. The van der Waals surface area contributed by atoms with Crippen molar-refractivity contribution in [2.24, 2.45) is 5.11 Å². The number of aldehydes is 1. The summed E-state index contributed by atoms with van der Waals surface area (Å²) >= 11 is 0. The molecule has 1 aromatic rings. The van der Waals surface area contributed by atoms with Crippen LogP contribution in [0.3, 0.4) is 0 Å². The summed E-state index contributed by atoms with van der Waals surface area (Å²) in [5.41, 5.74) is 6.27. The topological polar surface area (TPSA) is 78.7 Å². The third-order valence-electron chi connectivity index (χ3n) is 1.48. The standard InChI is InChI=1S/C7H3F3N4O/c8-7(9,10)6-1-5(13-14-11)4(3-15)2-12-6/h1-3H. The SMILES string of the molecule is [N-]=[N+]=Nc1cc(C(F)(F)F)ncc1C=O. The first-order chi connectivity index (χ1) is 6.99. The molecule has 0 atom stereocenters. The average molecular weight is 216 g/mol. The minimum Gasteiger partial charge on any atom is -0.298 e. The van der Waals surface area contributed by atoms with Crippen LogP contribution in [0.4, 0.5) is 18.9 Å². The second-order valence-corrected chi connectivity index (χ2v) is 2.43. The lowest BCUT2D eigenvalue weighted by molar-refractivity contribution is -0.141. The molecule has 0 aromatic carbocycles. The Bertz CT molecular complexity index is 436. The molecule has 0 radical (unpaired) electrons. The number of pyridine rings is 1. The molecular weight excluding hydrogens is 213 g/mol. The van der Waals surface area contributed by atoms with Gasteiger partial charge >= 0.3 is 6.18 Å². The fourth-order valence-corrected chi connectivity index (χ4v) is 0.836. The van der Waals surface area contributed by atoms with E-state index in [1.165, 1.54) is 0 Å². The van der Waals surface area contributed by atoms with Crippen LogP contribution in [0.15, 0.2) is 17.4 Å². The largest absolute Gasteiger partial charge is 0.433 e. The highest BCUT2D eigenvalue weighted by molar-refractivity contribution is 5.82. The highest BCUT2D eigenvalue weighted by Gasteiger charge is 2.32. The lowest BCUT2D eigenvalue weighted by atomic mass is 10.2. The molecule has 5 nitrogen and oxygen atoms in total. The quantitative estimate of drug-likeness (QED) is 0.329. The summed E-state index contributed by atoms with van der Waals surface area (Å²) in [6, 6.07) is 0.517. The average Bonchev–Trinajstić information content (AvgIpc) is 2.17. The number of aromatic nitrogens is 1. The van der Waals surface area contributed by atoms with Crippen molar-refractivity contribution in [1.82, 2.24) is 4.98 Å². The molecule has 0 saturated carbocycles. The molecule has 0 fully saturated rings. The van der Waals surface area contributed by atoms with E-state index in [-0.39, 0.29) is 11.8 Å². The van der Waals surface area contributed by atoms with Crippen LogP contribution in [0, 0.1) is 0 Å². The molecule has 0 unspecified atom stereocenters. The molecule has 0 aliphatic heterocycles. The number of carbonyl (C=O) groups is 1. The van der Waals surface area contributed by atoms with Gasteiger partial charge < -0.3 is 0 Å². The van der Waals surface area contributed by atoms with Crippen LogP contribution in [-0.4, -0.2) is 11.3 Å². The van der Waals surface area contributed by atoms with E-state index in [0.29, 0.717) is 12.3 Å². The zero-order valence-corrected chi connectivity index (χ0v) is 7.06. The molecule has 15 heavy (non-hydrogen) atoms. The molecule has 0 N–H and O–H groups in total. The van der Waals surface area contributed by atoms with Gasteiger partial charge in [-0.25, -0.2) is 0 Å². The maximum absolute atomic E-state index is 12.2. The third kappa shape index (κ3) is 2.44. The molecule has 0 aliphatic rings. The van der Waals surface area contributed by atoms with Gasteiger partial charge in [-0.3, -0.25) is 9.78 Å². The van der Waals surface area contributed by atoms with Gasteiger partial charge in [-0.1, -0.05) is 5.11 Å². The number of rotatable bonds is 2. The van der Waals surface area contributed by atoms with Crippen LogP contribution in [-0.2, 0) is 6.18 Å². The number of carbonyl (C=O) groups excluding carboxylic acids is 1. The van der Waals surface area contributed by atoms with Crippen LogP contribution in [0.2, 0.25) is 0 Å². The third-order valence-corrected chi connectivity index (χ3v) is 1.48. The molecule has 0 saturated heterocycles. The molecule has 0 bridgehead atoms. The van der Waals surface area contributed by atoms with E-state index >= 15 is 0 Å². The van der Waals surface area contributed by atoms with Crippen molar-refractivity contribution in [3.05, 3.63) is 34.0 Å². The van der Waals surface area contributed by atoms with Gasteiger partial charge in [-0.2, -0.15) is 13.2 Å². The van der Waals surface area contributed by atoms with Crippen molar-refractivity contribution in [2.75, 3.05) is 0 Å². The maximum Gasteiger partial charge on any atom is 0.433 e. The van der Waals surface area contributed by atoms with Gasteiger partial charge in [0.15, 0.2) is 6.29 Å². The summed E-state index contributed by atoms with van der Waals surface area (Å²) in [6.45, 7) is 0. The zero-order valence-electron chi connectivity index (χ0n) is 7.06. The number of nitrogens with zero attached hydrogens (tertiary/aromatic N) is 4. The fraction of sp³-hybridized carbons (Fsp3) is 0.143. The first-order valence-corrected chi connectivity index (χ1v) is 3.56. The number of alkyl halides is 3. The van der Waals surface area contributed by atoms with Gasteiger partial charge in [-0.05, 0) is 11.6 Å². The second kappa shape index (κ2) is 3.97. The van der Waals surface area contributed by atoms with Gasteiger partial charge in [0, 0.05) is 16.7 Å².